The zero-order valence-electron chi connectivity index (χ0n) is 13.7. The molecular formula is C17H17N3O4S. The number of aliphatic carboxylic acids is 1. The van der Waals surface area contributed by atoms with Crippen LogP contribution >= 0.6 is 11.8 Å². The Morgan fingerprint density at radius 3 is 2.56 bits per heavy atom. The van der Waals surface area contributed by atoms with E-state index in [1.807, 2.05) is 12.1 Å². The van der Waals surface area contributed by atoms with E-state index in [1.165, 1.54) is 16.7 Å². The summed E-state index contributed by atoms with van der Waals surface area (Å²) in [6.45, 7) is 3.44. The third kappa shape index (κ3) is 2.55. The molecule has 130 valence electrons. The van der Waals surface area contributed by atoms with Gasteiger partial charge in [-0.1, -0.05) is 30.3 Å². The molecule has 0 radical (unpaired) electrons. The summed E-state index contributed by atoms with van der Waals surface area (Å²) in [5.41, 5.74) is -0.947. The number of nitrogens with zero attached hydrogens (tertiary/aromatic N) is 2. The minimum Gasteiger partial charge on any atom is -0.480 e. The van der Waals surface area contributed by atoms with Crippen LogP contribution in [0.15, 0.2) is 30.3 Å². The highest BCUT2D eigenvalue weighted by molar-refractivity contribution is 8.01. The monoisotopic (exact) mass is 359 g/mol. The van der Waals surface area contributed by atoms with Crippen molar-refractivity contribution in [3.63, 3.8) is 0 Å². The van der Waals surface area contributed by atoms with Gasteiger partial charge in [-0.2, -0.15) is 5.26 Å². The van der Waals surface area contributed by atoms with Crippen LogP contribution in [0.3, 0.4) is 0 Å². The van der Waals surface area contributed by atoms with Gasteiger partial charge in [-0.05, 0) is 19.4 Å². The molecule has 0 unspecified atom stereocenters. The largest absolute Gasteiger partial charge is 0.480 e. The van der Waals surface area contributed by atoms with Crippen molar-refractivity contribution in [2.45, 2.75) is 42.0 Å². The molecule has 2 fully saturated rings. The minimum atomic E-state index is -1.71. The smallest absolute Gasteiger partial charge is 0.327 e. The summed E-state index contributed by atoms with van der Waals surface area (Å²) >= 11 is 1.22. The Bertz CT molecular complexity index is 789. The molecule has 1 aromatic carbocycles. The Morgan fingerprint density at radius 1 is 1.36 bits per heavy atom. The third-order valence-corrected chi connectivity index (χ3v) is 6.14. The van der Waals surface area contributed by atoms with Crippen LogP contribution in [0.25, 0.3) is 0 Å². The third-order valence-electron chi connectivity index (χ3n) is 4.50. The molecule has 7 nitrogen and oxygen atoms in total. The second-order valence-electron chi connectivity index (χ2n) is 6.66. The number of β-lactam (4-membered cyclic amide) rings is 1. The minimum absolute atomic E-state index is 0.0423. The molecule has 0 aromatic heterocycles. The molecule has 1 aromatic rings. The Kier molecular flexibility index (Phi) is 4.00. The first-order chi connectivity index (χ1) is 11.7. The lowest BCUT2D eigenvalue weighted by molar-refractivity contribution is -0.165. The number of nitrogens with one attached hydrogen (secondary N) is 1. The molecule has 0 spiro atoms. The van der Waals surface area contributed by atoms with Crippen molar-refractivity contribution in [1.82, 2.24) is 10.2 Å². The zero-order chi connectivity index (χ0) is 18.4. The SMILES string of the molecule is CC1(C)S[C@H]2N(C(=O)[C@]2(C#N)NC(=O)Cc2ccccc2)[C@H]1C(=O)O. The predicted molar refractivity (Wildman–Crippen MR) is 90.4 cm³/mol. The van der Waals surface area contributed by atoms with Gasteiger partial charge in [-0.15, -0.1) is 11.8 Å². The van der Waals surface area contributed by atoms with Gasteiger partial charge in [0.25, 0.3) is 5.91 Å². The van der Waals surface area contributed by atoms with Crippen molar-refractivity contribution in [3.05, 3.63) is 35.9 Å². The fourth-order valence-electron chi connectivity index (χ4n) is 3.35. The summed E-state index contributed by atoms with van der Waals surface area (Å²) in [5, 5.41) is 20.9. The van der Waals surface area contributed by atoms with E-state index in [0.29, 0.717) is 0 Å². The summed E-state index contributed by atoms with van der Waals surface area (Å²) in [6.07, 6.45) is 0.0423. The van der Waals surface area contributed by atoms with Crippen LogP contribution in [-0.2, 0) is 20.8 Å². The first-order valence-corrected chi connectivity index (χ1v) is 8.60. The van der Waals surface area contributed by atoms with Gasteiger partial charge in [0.2, 0.25) is 11.4 Å². The average Bonchev–Trinajstić information content (AvgIpc) is 2.82. The highest BCUT2D eigenvalue weighted by Crippen LogP contribution is 2.54. The van der Waals surface area contributed by atoms with Crippen molar-refractivity contribution in [3.8, 4) is 6.07 Å². The molecule has 2 heterocycles. The second kappa shape index (κ2) is 5.77. The van der Waals surface area contributed by atoms with Crippen molar-refractivity contribution in [2.75, 3.05) is 0 Å². The number of thioether (sulfide) groups is 1. The molecule has 0 bridgehead atoms. The van der Waals surface area contributed by atoms with Gasteiger partial charge in [0.15, 0.2) is 0 Å². The van der Waals surface area contributed by atoms with Crippen LogP contribution in [0, 0.1) is 11.3 Å². The quantitative estimate of drug-likeness (QED) is 0.768. The summed E-state index contributed by atoms with van der Waals surface area (Å²) < 4.78 is -0.755. The van der Waals surface area contributed by atoms with Gasteiger partial charge >= 0.3 is 5.97 Å². The number of fused-ring (bicyclic) bond motifs is 1. The normalized spacial score (nSPS) is 29.3. The van der Waals surface area contributed by atoms with Crippen molar-refractivity contribution >= 4 is 29.5 Å². The van der Waals surface area contributed by atoms with Crippen LogP contribution in [0.2, 0.25) is 0 Å². The molecule has 0 aliphatic carbocycles. The fraction of sp³-hybridized carbons (Fsp3) is 0.412. The topological polar surface area (TPSA) is 111 Å². The number of amides is 2. The Morgan fingerprint density at radius 2 is 2.00 bits per heavy atom. The van der Waals surface area contributed by atoms with Gasteiger partial charge in [0, 0.05) is 4.75 Å². The molecule has 2 N–H and O–H groups in total. The fourth-order valence-corrected chi connectivity index (χ4v) is 4.99. The first kappa shape index (κ1) is 17.3. The Balaban J connectivity index is 1.81. The van der Waals surface area contributed by atoms with Gasteiger partial charge in [-0.25, -0.2) is 4.79 Å². The van der Waals surface area contributed by atoms with E-state index in [2.05, 4.69) is 5.32 Å². The second-order valence-corrected chi connectivity index (χ2v) is 8.39. The number of carboxylic acid groups (broad SMARTS) is 1. The Hall–Kier alpha value is -2.53. The van der Waals surface area contributed by atoms with E-state index >= 15 is 0 Å². The number of carboxylic acids is 1. The highest BCUT2D eigenvalue weighted by Gasteiger charge is 2.72. The van der Waals surface area contributed by atoms with E-state index in [4.69, 9.17) is 0 Å². The number of hydrogen-bond donors (Lipinski definition) is 2. The van der Waals surface area contributed by atoms with Gasteiger partial charge in [0.05, 0.1) is 6.42 Å². The van der Waals surface area contributed by atoms with Crippen LogP contribution in [0.5, 0.6) is 0 Å². The van der Waals surface area contributed by atoms with Crippen molar-refractivity contribution < 1.29 is 19.5 Å². The molecule has 8 heteroatoms. The highest BCUT2D eigenvalue weighted by atomic mass is 32.2. The molecule has 2 aliphatic heterocycles. The standard InChI is InChI=1S/C17H17N3O4S/c1-16(2)12(13(22)23)20-14(24)17(9-18,15(20)25-16)19-11(21)8-10-6-4-3-5-7-10/h3-7,12,15H,8H2,1-2H3,(H,19,21)(H,22,23)/t12-,15+,17-/m0/s1. The number of benzene rings is 1. The summed E-state index contributed by atoms with van der Waals surface area (Å²) in [6, 6.07) is 9.87. The lowest BCUT2D eigenvalue weighted by Gasteiger charge is -2.48. The summed E-state index contributed by atoms with van der Waals surface area (Å²) in [7, 11) is 0. The molecule has 2 aliphatic rings. The molecule has 3 rings (SSSR count). The van der Waals surface area contributed by atoms with E-state index in [9.17, 15) is 24.8 Å². The van der Waals surface area contributed by atoms with Crippen molar-refractivity contribution in [2.24, 2.45) is 0 Å². The van der Waals surface area contributed by atoms with E-state index < -0.39 is 39.5 Å². The molecular weight excluding hydrogens is 342 g/mol. The first-order valence-electron chi connectivity index (χ1n) is 7.72. The average molecular weight is 359 g/mol. The molecule has 2 amide bonds. The maximum absolute atomic E-state index is 12.6. The Labute approximate surface area is 149 Å². The van der Waals surface area contributed by atoms with E-state index in [0.717, 1.165) is 5.56 Å². The molecule has 0 saturated carbocycles. The summed E-state index contributed by atoms with van der Waals surface area (Å²) in [5.74, 6) is -2.22. The van der Waals surface area contributed by atoms with E-state index in [1.54, 1.807) is 38.1 Å². The molecule has 2 saturated heterocycles. The molecule has 25 heavy (non-hydrogen) atoms. The van der Waals surface area contributed by atoms with Crippen LogP contribution < -0.4 is 5.32 Å². The van der Waals surface area contributed by atoms with Crippen LogP contribution in [-0.4, -0.2) is 49.5 Å². The maximum Gasteiger partial charge on any atom is 0.327 e. The zero-order valence-corrected chi connectivity index (χ0v) is 14.5. The maximum atomic E-state index is 12.6. The van der Waals surface area contributed by atoms with Gasteiger partial charge < -0.3 is 15.3 Å². The lowest BCUT2D eigenvalue weighted by Crippen LogP contribution is -2.79. The van der Waals surface area contributed by atoms with Crippen molar-refractivity contribution in [1.29, 1.82) is 5.26 Å². The van der Waals surface area contributed by atoms with E-state index in [-0.39, 0.29) is 6.42 Å². The number of hydrogen-bond acceptors (Lipinski definition) is 5. The number of carbonyl (C=O) groups is 3. The molecule has 3 atom stereocenters. The number of nitriles is 1. The van der Waals surface area contributed by atoms with Gasteiger partial charge in [0.1, 0.15) is 17.5 Å². The van der Waals surface area contributed by atoms with Crippen LogP contribution in [0.4, 0.5) is 0 Å². The van der Waals surface area contributed by atoms with Crippen LogP contribution in [0.1, 0.15) is 19.4 Å². The number of rotatable bonds is 4. The summed E-state index contributed by atoms with van der Waals surface area (Å²) in [4.78, 5) is 37.7. The predicted octanol–water partition coefficient (Wildman–Crippen LogP) is 0.755. The van der Waals surface area contributed by atoms with Gasteiger partial charge in [-0.3, -0.25) is 9.59 Å². The number of carbonyl (C=O) groups excluding carboxylic acids is 2. The lowest BCUT2D eigenvalue weighted by atomic mass is 9.85.